The first-order valence-electron chi connectivity index (χ1n) is 7.68. The second-order valence-electron chi connectivity index (χ2n) is 6.90. The van der Waals surface area contributed by atoms with Gasteiger partial charge in [0.15, 0.2) is 0 Å². The van der Waals surface area contributed by atoms with Gasteiger partial charge in [-0.25, -0.2) is 0 Å². The third-order valence-corrected chi connectivity index (χ3v) is 4.66. The van der Waals surface area contributed by atoms with Crippen molar-refractivity contribution in [1.29, 1.82) is 0 Å². The van der Waals surface area contributed by atoms with E-state index in [1.165, 1.54) is 0 Å². The first-order valence-corrected chi connectivity index (χ1v) is 7.68. The van der Waals surface area contributed by atoms with Crippen LogP contribution in [0.2, 0.25) is 0 Å². The molecule has 114 valence electrons. The molecule has 1 aliphatic rings. The molecule has 0 unspecified atom stereocenters. The van der Waals surface area contributed by atoms with Gasteiger partial charge < -0.3 is 9.31 Å². The summed E-state index contributed by atoms with van der Waals surface area (Å²) in [6.45, 7) is 10.3. The molecule has 1 fully saturated rings. The second kappa shape index (κ2) is 5.22. The van der Waals surface area contributed by atoms with Gasteiger partial charge >= 0.3 is 7.12 Å². The molecule has 0 amide bonds. The van der Waals surface area contributed by atoms with Gasteiger partial charge in [0.25, 0.3) is 0 Å². The highest BCUT2D eigenvalue weighted by Gasteiger charge is 2.52. The Kier molecular flexibility index (Phi) is 3.62. The summed E-state index contributed by atoms with van der Waals surface area (Å²) in [5.74, 6) is 0. The van der Waals surface area contributed by atoms with E-state index in [0.29, 0.717) is 0 Å². The fourth-order valence-electron chi connectivity index (χ4n) is 2.53. The van der Waals surface area contributed by atoms with Crippen molar-refractivity contribution >= 4 is 12.6 Å². The smallest absolute Gasteiger partial charge is 0.399 e. The molecule has 0 spiro atoms. The largest absolute Gasteiger partial charge is 0.495 e. The van der Waals surface area contributed by atoms with Gasteiger partial charge in [-0.3, -0.25) is 4.98 Å². The Bertz CT molecular complexity index is 664. The fraction of sp³-hybridized carbons (Fsp3) is 0.389. The Hall–Kier alpha value is -1.65. The van der Waals surface area contributed by atoms with Crippen LogP contribution >= 0.6 is 0 Å². The summed E-state index contributed by atoms with van der Waals surface area (Å²) in [5, 5.41) is 0. The third-order valence-electron chi connectivity index (χ3n) is 4.66. The zero-order valence-electron chi connectivity index (χ0n) is 13.9. The Morgan fingerprint density at radius 2 is 1.55 bits per heavy atom. The van der Waals surface area contributed by atoms with Crippen molar-refractivity contribution in [2.45, 2.75) is 45.8 Å². The van der Waals surface area contributed by atoms with E-state index in [9.17, 15) is 0 Å². The van der Waals surface area contributed by atoms with Crippen LogP contribution in [0.5, 0.6) is 0 Å². The lowest BCUT2D eigenvalue weighted by Crippen LogP contribution is -2.41. The van der Waals surface area contributed by atoms with Crippen LogP contribution in [0.25, 0.3) is 11.3 Å². The zero-order valence-corrected chi connectivity index (χ0v) is 13.9. The van der Waals surface area contributed by atoms with Crippen molar-refractivity contribution in [3.63, 3.8) is 0 Å². The SMILES string of the molecule is Cc1ccc(-c2ccccc2B2OC(C)(C)C(C)(C)O2)nc1. The van der Waals surface area contributed by atoms with Crippen molar-refractivity contribution in [3.8, 4) is 11.3 Å². The first-order chi connectivity index (χ1) is 10.3. The summed E-state index contributed by atoms with van der Waals surface area (Å²) in [6, 6.07) is 12.3. The molecule has 0 radical (unpaired) electrons. The van der Waals surface area contributed by atoms with Crippen LogP contribution in [-0.4, -0.2) is 23.3 Å². The Labute approximate surface area is 132 Å². The molecular formula is C18H22BNO2. The number of rotatable bonds is 2. The number of nitrogens with zero attached hydrogens (tertiary/aromatic N) is 1. The van der Waals surface area contributed by atoms with E-state index in [-0.39, 0.29) is 18.3 Å². The minimum atomic E-state index is -0.371. The predicted octanol–water partition coefficient (Wildman–Crippen LogP) is 3.36. The summed E-state index contributed by atoms with van der Waals surface area (Å²) < 4.78 is 12.4. The van der Waals surface area contributed by atoms with E-state index in [1.807, 2.05) is 31.3 Å². The van der Waals surface area contributed by atoms with Crippen LogP contribution in [0, 0.1) is 6.92 Å². The molecule has 0 N–H and O–H groups in total. The van der Waals surface area contributed by atoms with Gasteiger partial charge in [0.2, 0.25) is 0 Å². The maximum atomic E-state index is 6.19. The minimum Gasteiger partial charge on any atom is -0.399 e. The predicted molar refractivity (Wildman–Crippen MR) is 90.1 cm³/mol. The highest BCUT2D eigenvalue weighted by atomic mass is 16.7. The van der Waals surface area contributed by atoms with Gasteiger partial charge in [-0.15, -0.1) is 0 Å². The Balaban J connectivity index is 2.01. The lowest BCUT2D eigenvalue weighted by molar-refractivity contribution is 0.00578. The molecule has 2 heterocycles. The van der Waals surface area contributed by atoms with Gasteiger partial charge in [-0.2, -0.15) is 0 Å². The summed E-state index contributed by atoms with van der Waals surface area (Å²) in [7, 11) is -0.371. The highest BCUT2D eigenvalue weighted by molar-refractivity contribution is 6.63. The lowest BCUT2D eigenvalue weighted by atomic mass is 9.75. The maximum Gasteiger partial charge on any atom is 0.495 e. The lowest BCUT2D eigenvalue weighted by Gasteiger charge is -2.32. The first kappa shape index (κ1) is 15.3. The van der Waals surface area contributed by atoms with Gasteiger partial charge in [0, 0.05) is 6.20 Å². The highest BCUT2D eigenvalue weighted by Crippen LogP contribution is 2.37. The van der Waals surface area contributed by atoms with Crippen LogP contribution in [0.3, 0.4) is 0 Å². The van der Waals surface area contributed by atoms with E-state index in [0.717, 1.165) is 22.3 Å². The summed E-state index contributed by atoms with van der Waals surface area (Å²) >= 11 is 0. The van der Waals surface area contributed by atoms with E-state index in [2.05, 4.69) is 50.9 Å². The summed E-state index contributed by atoms with van der Waals surface area (Å²) in [4.78, 5) is 4.54. The van der Waals surface area contributed by atoms with Gasteiger partial charge in [0.1, 0.15) is 0 Å². The van der Waals surface area contributed by atoms with E-state index < -0.39 is 0 Å². The normalized spacial score (nSPS) is 19.4. The monoisotopic (exact) mass is 295 g/mol. The number of hydrogen-bond acceptors (Lipinski definition) is 3. The molecule has 1 saturated heterocycles. The molecule has 2 aromatic rings. The molecule has 1 aliphatic heterocycles. The van der Waals surface area contributed by atoms with Crippen LogP contribution in [0.1, 0.15) is 33.3 Å². The molecule has 1 aromatic heterocycles. The van der Waals surface area contributed by atoms with Crippen molar-refractivity contribution in [1.82, 2.24) is 4.98 Å². The second-order valence-corrected chi connectivity index (χ2v) is 6.90. The number of benzene rings is 1. The Morgan fingerprint density at radius 1 is 0.909 bits per heavy atom. The van der Waals surface area contributed by atoms with E-state index >= 15 is 0 Å². The number of hydrogen-bond donors (Lipinski definition) is 0. The van der Waals surface area contributed by atoms with E-state index in [1.54, 1.807) is 0 Å². The Morgan fingerprint density at radius 3 is 2.14 bits per heavy atom. The van der Waals surface area contributed by atoms with Gasteiger partial charge in [-0.1, -0.05) is 30.3 Å². The van der Waals surface area contributed by atoms with Crippen molar-refractivity contribution in [2.75, 3.05) is 0 Å². The number of aromatic nitrogens is 1. The molecular weight excluding hydrogens is 273 g/mol. The standard InChI is InChI=1S/C18H22BNO2/c1-13-10-11-16(20-12-13)14-8-6-7-9-15(14)19-21-17(2,3)18(4,5)22-19/h6-12H,1-5H3. The van der Waals surface area contributed by atoms with Crippen molar-refractivity contribution < 1.29 is 9.31 Å². The molecule has 1 aromatic carbocycles. The number of aryl methyl sites for hydroxylation is 1. The number of pyridine rings is 1. The fourth-order valence-corrected chi connectivity index (χ4v) is 2.53. The van der Waals surface area contributed by atoms with E-state index in [4.69, 9.17) is 9.31 Å². The quantitative estimate of drug-likeness (QED) is 0.796. The third kappa shape index (κ3) is 2.57. The van der Waals surface area contributed by atoms with Crippen LogP contribution in [-0.2, 0) is 9.31 Å². The average Bonchev–Trinajstić information content (AvgIpc) is 2.68. The van der Waals surface area contributed by atoms with Crippen LogP contribution in [0.4, 0.5) is 0 Å². The molecule has 3 rings (SSSR count). The molecule has 0 atom stereocenters. The van der Waals surface area contributed by atoms with Crippen LogP contribution in [0.15, 0.2) is 42.6 Å². The minimum absolute atomic E-state index is 0.342. The summed E-state index contributed by atoms with van der Waals surface area (Å²) in [6.07, 6.45) is 1.89. The topological polar surface area (TPSA) is 31.4 Å². The molecule has 0 bridgehead atoms. The molecule has 0 aliphatic carbocycles. The van der Waals surface area contributed by atoms with Crippen molar-refractivity contribution in [3.05, 3.63) is 48.2 Å². The average molecular weight is 295 g/mol. The van der Waals surface area contributed by atoms with Gasteiger partial charge in [0.05, 0.1) is 16.9 Å². The van der Waals surface area contributed by atoms with Gasteiger partial charge in [-0.05, 0) is 57.3 Å². The maximum absolute atomic E-state index is 6.19. The molecule has 4 heteroatoms. The molecule has 22 heavy (non-hydrogen) atoms. The molecule has 0 saturated carbocycles. The molecule has 3 nitrogen and oxygen atoms in total. The van der Waals surface area contributed by atoms with Crippen molar-refractivity contribution in [2.24, 2.45) is 0 Å². The van der Waals surface area contributed by atoms with Crippen LogP contribution < -0.4 is 5.46 Å². The summed E-state index contributed by atoms with van der Waals surface area (Å²) in [5.41, 5.74) is 3.49. The zero-order chi connectivity index (χ0) is 16.0.